The van der Waals surface area contributed by atoms with E-state index in [4.69, 9.17) is 23.3 Å². The van der Waals surface area contributed by atoms with Crippen molar-refractivity contribution in [3.8, 4) is 0 Å². The van der Waals surface area contributed by atoms with Crippen LogP contribution in [-0.4, -0.2) is 41.7 Å². The molecule has 4 rings (SSSR count). The van der Waals surface area contributed by atoms with E-state index in [1.165, 1.54) is 0 Å². The molecule has 2 saturated heterocycles. The predicted octanol–water partition coefficient (Wildman–Crippen LogP) is 4.24. The van der Waals surface area contributed by atoms with Gasteiger partial charge in [-0.25, -0.2) is 0 Å². The van der Waals surface area contributed by atoms with Gasteiger partial charge in [0, 0.05) is 0 Å². The first-order chi connectivity index (χ1) is 14.8. The van der Waals surface area contributed by atoms with Crippen molar-refractivity contribution >= 4 is 7.60 Å². The van der Waals surface area contributed by atoms with Crippen molar-refractivity contribution in [3.05, 3.63) is 71.8 Å². The molecule has 168 valence electrons. The lowest BCUT2D eigenvalue weighted by molar-refractivity contribution is -0.214. The van der Waals surface area contributed by atoms with Gasteiger partial charge in [-0.2, -0.15) is 0 Å². The molecule has 0 radical (unpaired) electrons. The summed E-state index contributed by atoms with van der Waals surface area (Å²) in [7, 11) is -3.46. The van der Waals surface area contributed by atoms with Crippen LogP contribution < -0.4 is 0 Å². The highest BCUT2D eigenvalue weighted by Crippen LogP contribution is 2.51. The molecule has 1 N–H and O–H groups in total. The van der Waals surface area contributed by atoms with Gasteiger partial charge in [0.15, 0.2) is 12.1 Å². The molecule has 8 heteroatoms. The van der Waals surface area contributed by atoms with Crippen molar-refractivity contribution in [1.29, 1.82) is 0 Å². The van der Waals surface area contributed by atoms with Crippen molar-refractivity contribution in [2.45, 2.75) is 63.9 Å². The molecule has 2 aromatic rings. The monoisotopic (exact) mass is 448 g/mol. The van der Waals surface area contributed by atoms with E-state index in [0.717, 1.165) is 11.1 Å². The Balaban J connectivity index is 1.38. The third kappa shape index (κ3) is 5.82. The van der Waals surface area contributed by atoms with Crippen molar-refractivity contribution in [2.75, 3.05) is 6.16 Å². The SMILES string of the molecule is CC1(C)O[C@H]2O[C@H](CCP(=O)(OCc3ccccc3)OCc3ccccc3)[C@@H](O)[C@H]2O1. The zero-order valence-corrected chi connectivity index (χ0v) is 18.6. The van der Waals surface area contributed by atoms with Gasteiger partial charge in [0.05, 0.1) is 25.5 Å². The first-order valence-corrected chi connectivity index (χ1v) is 12.2. The standard InChI is InChI=1S/C23H29O7P/c1-23(2)29-21-20(24)19(28-22(21)30-23)13-14-31(25,26-15-17-9-5-3-6-10-17)27-16-18-11-7-4-8-12-18/h3-12,19-22,24H,13-16H2,1-2H3/t19-,20-,21-,22-/m1/s1. The molecular weight excluding hydrogens is 419 g/mol. The molecule has 0 aliphatic carbocycles. The van der Waals surface area contributed by atoms with Gasteiger partial charge in [0.2, 0.25) is 0 Å². The molecule has 2 fully saturated rings. The van der Waals surface area contributed by atoms with E-state index in [1.54, 1.807) is 13.8 Å². The van der Waals surface area contributed by atoms with Gasteiger partial charge in [0.25, 0.3) is 0 Å². The van der Waals surface area contributed by atoms with Gasteiger partial charge >= 0.3 is 7.60 Å². The van der Waals surface area contributed by atoms with Crippen LogP contribution in [0.2, 0.25) is 0 Å². The Hall–Kier alpha value is -1.57. The summed E-state index contributed by atoms with van der Waals surface area (Å²) in [5.41, 5.74) is 1.81. The lowest BCUT2D eigenvalue weighted by Crippen LogP contribution is -2.34. The number of ether oxygens (including phenoxy) is 3. The highest BCUT2D eigenvalue weighted by molar-refractivity contribution is 7.53. The van der Waals surface area contributed by atoms with E-state index in [-0.39, 0.29) is 19.4 Å². The molecule has 0 bridgehead atoms. The zero-order valence-electron chi connectivity index (χ0n) is 17.8. The molecule has 31 heavy (non-hydrogen) atoms. The number of benzene rings is 2. The quantitative estimate of drug-likeness (QED) is 0.575. The van der Waals surface area contributed by atoms with E-state index in [0.29, 0.717) is 6.42 Å². The summed E-state index contributed by atoms with van der Waals surface area (Å²) in [6.45, 7) is 3.90. The van der Waals surface area contributed by atoms with Crippen molar-refractivity contribution in [1.82, 2.24) is 0 Å². The van der Waals surface area contributed by atoms with Gasteiger partial charge in [0.1, 0.15) is 12.2 Å². The average Bonchev–Trinajstić information content (AvgIpc) is 3.23. The minimum absolute atomic E-state index is 0.108. The van der Waals surface area contributed by atoms with Crippen molar-refractivity contribution in [2.24, 2.45) is 0 Å². The van der Waals surface area contributed by atoms with E-state index >= 15 is 0 Å². The van der Waals surface area contributed by atoms with Gasteiger partial charge < -0.3 is 28.4 Å². The van der Waals surface area contributed by atoms with Crippen LogP contribution in [0.3, 0.4) is 0 Å². The van der Waals surface area contributed by atoms with Gasteiger partial charge in [-0.05, 0) is 31.4 Å². The Morgan fingerprint density at radius 2 is 1.48 bits per heavy atom. The molecule has 2 aromatic carbocycles. The molecule has 2 aliphatic rings. The minimum atomic E-state index is -3.46. The topological polar surface area (TPSA) is 83.5 Å². The van der Waals surface area contributed by atoms with E-state index in [1.807, 2.05) is 60.7 Å². The second-order valence-corrected chi connectivity index (χ2v) is 10.5. The summed E-state index contributed by atoms with van der Waals surface area (Å²) in [4.78, 5) is 0. The fourth-order valence-electron chi connectivity index (χ4n) is 3.74. The average molecular weight is 448 g/mol. The third-order valence-corrected chi connectivity index (χ3v) is 7.19. The van der Waals surface area contributed by atoms with E-state index < -0.39 is 38.0 Å². The first-order valence-electron chi connectivity index (χ1n) is 10.5. The van der Waals surface area contributed by atoms with Crippen LogP contribution in [0, 0.1) is 0 Å². The maximum Gasteiger partial charge on any atom is 0.331 e. The molecule has 2 heterocycles. The molecule has 0 saturated carbocycles. The predicted molar refractivity (Wildman–Crippen MR) is 114 cm³/mol. The fraction of sp³-hybridized carbons (Fsp3) is 0.478. The number of aliphatic hydroxyl groups excluding tert-OH is 1. The Kier molecular flexibility index (Phi) is 6.94. The third-order valence-electron chi connectivity index (χ3n) is 5.34. The maximum atomic E-state index is 13.5. The smallest absolute Gasteiger partial charge is 0.331 e. The van der Waals surface area contributed by atoms with Crippen molar-refractivity contribution in [3.63, 3.8) is 0 Å². The van der Waals surface area contributed by atoms with Gasteiger partial charge in [-0.1, -0.05) is 60.7 Å². The zero-order chi connectivity index (χ0) is 21.9. The lowest BCUT2D eigenvalue weighted by Gasteiger charge is -2.24. The molecule has 7 nitrogen and oxygen atoms in total. The van der Waals surface area contributed by atoms with Crippen LogP contribution in [0.4, 0.5) is 0 Å². The first kappa shape index (κ1) is 22.6. The summed E-state index contributed by atoms with van der Waals surface area (Å²) < 4.78 is 42.3. The molecule has 0 aromatic heterocycles. The number of hydrogen-bond acceptors (Lipinski definition) is 7. The van der Waals surface area contributed by atoms with Crippen LogP contribution in [0.25, 0.3) is 0 Å². The Bertz CT molecular complexity index is 842. The van der Waals surface area contributed by atoms with Crippen molar-refractivity contribution < 1.29 is 32.9 Å². The lowest BCUT2D eigenvalue weighted by atomic mass is 10.1. The summed E-state index contributed by atoms with van der Waals surface area (Å²) in [5, 5.41) is 10.6. The van der Waals surface area contributed by atoms with Crippen LogP contribution >= 0.6 is 7.60 Å². The summed E-state index contributed by atoms with van der Waals surface area (Å²) in [5.74, 6) is -0.797. The summed E-state index contributed by atoms with van der Waals surface area (Å²) >= 11 is 0. The van der Waals surface area contributed by atoms with Crippen LogP contribution in [-0.2, 0) is 41.0 Å². The minimum Gasteiger partial charge on any atom is -0.387 e. The maximum absolute atomic E-state index is 13.5. The summed E-state index contributed by atoms with van der Waals surface area (Å²) in [6, 6.07) is 19.0. The Labute approximate surface area is 182 Å². The second-order valence-electron chi connectivity index (χ2n) is 8.27. The summed E-state index contributed by atoms with van der Waals surface area (Å²) in [6.07, 6.45) is -2.23. The highest BCUT2D eigenvalue weighted by Gasteiger charge is 2.54. The molecule has 4 atom stereocenters. The number of aliphatic hydroxyl groups is 1. The molecule has 2 aliphatic heterocycles. The molecule has 0 unspecified atom stereocenters. The number of hydrogen-bond donors (Lipinski definition) is 1. The second kappa shape index (κ2) is 9.51. The highest BCUT2D eigenvalue weighted by atomic mass is 31.2. The van der Waals surface area contributed by atoms with E-state index in [2.05, 4.69) is 0 Å². The molecule has 0 amide bonds. The van der Waals surface area contributed by atoms with Crippen LogP contribution in [0.5, 0.6) is 0 Å². The largest absolute Gasteiger partial charge is 0.387 e. The fourth-order valence-corrected chi connectivity index (χ4v) is 5.34. The normalized spacial score (nSPS) is 27.3. The van der Waals surface area contributed by atoms with Crippen LogP contribution in [0.15, 0.2) is 60.7 Å². The number of fused-ring (bicyclic) bond motifs is 1. The number of rotatable bonds is 9. The Morgan fingerprint density at radius 3 is 2.00 bits per heavy atom. The van der Waals surface area contributed by atoms with Crippen LogP contribution in [0.1, 0.15) is 31.4 Å². The van der Waals surface area contributed by atoms with Gasteiger partial charge in [-0.15, -0.1) is 0 Å². The molecular formula is C23H29O7P. The van der Waals surface area contributed by atoms with Gasteiger partial charge in [-0.3, -0.25) is 4.57 Å². The Morgan fingerprint density at radius 1 is 0.935 bits per heavy atom. The van der Waals surface area contributed by atoms with E-state index in [9.17, 15) is 9.67 Å². The molecule has 0 spiro atoms.